The van der Waals surface area contributed by atoms with Crippen LogP contribution in [0.1, 0.15) is 40.0 Å². The van der Waals surface area contributed by atoms with Crippen LogP contribution >= 0.6 is 0 Å². The third-order valence-corrected chi connectivity index (χ3v) is 5.05. The van der Waals surface area contributed by atoms with Crippen molar-refractivity contribution in [3.63, 3.8) is 0 Å². The Labute approximate surface area is 171 Å². The first-order chi connectivity index (χ1) is 14.3. The molecule has 1 fully saturated rings. The monoisotopic (exact) mass is 408 g/mol. The molecule has 1 aliphatic rings. The van der Waals surface area contributed by atoms with Gasteiger partial charge in [-0.15, -0.1) is 0 Å². The summed E-state index contributed by atoms with van der Waals surface area (Å²) in [7, 11) is 0. The summed E-state index contributed by atoms with van der Waals surface area (Å²) in [5, 5.41) is 6.73. The van der Waals surface area contributed by atoms with Gasteiger partial charge in [-0.2, -0.15) is 9.78 Å². The van der Waals surface area contributed by atoms with E-state index in [4.69, 9.17) is 0 Å². The van der Waals surface area contributed by atoms with Crippen molar-refractivity contribution in [3.8, 4) is 5.69 Å². The molecule has 154 valence electrons. The van der Waals surface area contributed by atoms with Crippen molar-refractivity contribution in [1.29, 1.82) is 0 Å². The van der Waals surface area contributed by atoms with Gasteiger partial charge in [0.1, 0.15) is 5.82 Å². The summed E-state index contributed by atoms with van der Waals surface area (Å²) in [6.07, 6.45) is 1.68. The van der Waals surface area contributed by atoms with Gasteiger partial charge in [-0.1, -0.05) is 35.9 Å². The Hall–Kier alpha value is -3.55. The third kappa shape index (κ3) is 3.94. The molecule has 0 unspecified atom stereocenters. The van der Waals surface area contributed by atoms with Gasteiger partial charge in [0.25, 0.3) is 11.5 Å². The summed E-state index contributed by atoms with van der Waals surface area (Å²) in [4.78, 5) is 38.6. The van der Waals surface area contributed by atoms with Gasteiger partial charge in [0, 0.05) is 12.1 Å². The van der Waals surface area contributed by atoms with Gasteiger partial charge in [0.2, 0.25) is 5.69 Å². The first-order valence-corrected chi connectivity index (χ1v) is 9.70. The van der Waals surface area contributed by atoms with Gasteiger partial charge in [-0.05, 0) is 43.9 Å². The SMILES string of the molecule is Cc1ccc(Cn2c(=O)c(C(=O)NC3CC3)nn(-c3ccc(C)c(F)c3)c2=O)cc1. The van der Waals surface area contributed by atoms with E-state index in [2.05, 4.69) is 10.4 Å². The van der Waals surface area contributed by atoms with Crippen LogP contribution in [0.25, 0.3) is 5.69 Å². The number of carbonyl (C=O) groups is 1. The maximum absolute atomic E-state index is 14.1. The fraction of sp³-hybridized carbons (Fsp3) is 0.273. The summed E-state index contributed by atoms with van der Waals surface area (Å²) < 4.78 is 16.0. The molecule has 0 saturated heterocycles. The highest BCUT2D eigenvalue weighted by atomic mass is 19.1. The molecule has 1 aliphatic carbocycles. The number of aromatic nitrogens is 3. The minimum atomic E-state index is -0.775. The van der Waals surface area contributed by atoms with Crippen LogP contribution < -0.4 is 16.6 Å². The quantitative estimate of drug-likeness (QED) is 0.701. The zero-order valence-corrected chi connectivity index (χ0v) is 16.7. The normalized spacial score (nSPS) is 13.3. The van der Waals surface area contributed by atoms with Gasteiger partial charge in [0.05, 0.1) is 12.2 Å². The smallest absolute Gasteiger partial charge is 0.348 e. The number of halogens is 1. The lowest BCUT2D eigenvalue weighted by molar-refractivity contribution is 0.0941. The van der Waals surface area contributed by atoms with Crippen molar-refractivity contribution in [2.45, 2.75) is 39.3 Å². The van der Waals surface area contributed by atoms with E-state index < -0.39 is 28.7 Å². The molecule has 1 N–H and O–H groups in total. The first kappa shape index (κ1) is 19.8. The van der Waals surface area contributed by atoms with E-state index >= 15 is 0 Å². The molecule has 1 amide bonds. The molecule has 8 heteroatoms. The maximum atomic E-state index is 14.1. The standard InChI is InChI=1S/C22H21FN4O3/c1-13-3-6-15(7-4-13)12-26-21(29)19(20(28)24-16-8-9-16)25-27(22(26)30)17-10-5-14(2)18(23)11-17/h3-7,10-11,16H,8-9,12H2,1-2H3,(H,24,28). The van der Waals surface area contributed by atoms with Gasteiger partial charge in [-0.25, -0.2) is 9.18 Å². The molecule has 30 heavy (non-hydrogen) atoms. The third-order valence-electron chi connectivity index (χ3n) is 5.05. The van der Waals surface area contributed by atoms with E-state index in [0.29, 0.717) is 5.56 Å². The highest BCUT2D eigenvalue weighted by Gasteiger charge is 2.27. The predicted octanol–water partition coefficient (Wildman–Crippen LogP) is 2.09. The average Bonchev–Trinajstić information content (AvgIpc) is 3.53. The van der Waals surface area contributed by atoms with E-state index in [-0.39, 0.29) is 18.3 Å². The number of hydrogen-bond donors (Lipinski definition) is 1. The van der Waals surface area contributed by atoms with Crippen LogP contribution in [0.5, 0.6) is 0 Å². The number of hydrogen-bond acceptors (Lipinski definition) is 4. The minimum absolute atomic E-state index is 0.0152. The van der Waals surface area contributed by atoms with E-state index in [1.165, 1.54) is 12.1 Å². The molecule has 1 aromatic heterocycles. The highest BCUT2D eigenvalue weighted by Crippen LogP contribution is 2.19. The van der Waals surface area contributed by atoms with Crippen molar-refractivity contribution in [1.82, 2.24) is 19.7 Å². The van der Waals surface area contributed by atoms with Crippen molar-refractivity contribution < 1.29 is 9.18 Å². The lowest BCUT2D eigenvalue weighted by atomic mass is 10.1. The fourth-order valence-corrected chi connectivity index (χ4v) is 3.04. The molecule has 0 bridgehead atoms. The number of rotatable bonds is 5. The number of nitrogens with one attached hydrogen (secondary N) is 1. The van der Waals surface area contributed by atoms with Crippen LogP contribution in [0.4, 0.5) is 4.39 Å². The van der Waals surface area contributed by atoms with Crippen LogP contribution in [0.2, 0.25) is 0 Å². The second-order valence-electron chi connectivity index (χ2n) is 7.60. The number of nitrogens with zero attached hydrogens (tertiary/aromatic N) is 3. The summed E-state index contributed by atoms with van der Waals surface area (Å²) >= 11 is 0. The first-order valence-electron chi connectivity index (χ1n) is 9.70. The number of benzene rings is 2. The molecule has 1 saturated carbocycles. The van der Waals surface area contributed by atoms with Crippen LogP contribution in [0.15, 0.2) is 52.1 Å². The van der Waals surface area contributed by atoms with Crippen molar-refractivity contribution in [3.05, 3.63) is 91.5 Å². The molecule has 1 heterocycles. The number of amides is 1. The minimum Gasteiger partial charge on any atom is -0.348 e. The Kier molecular flexibility index (Phi) is 5.07. The topological polar surface area (TPSA) is 86.0 Å². The Bertz CT molecular complexity index is 1240. The Morgan fingerprint density at radius 3 is 2.47 bits per heavy atom. The zero-order chi connectivity index (χ0) is 21.4. The van der Waals surface area contributed by atoms with Crippen molar-refractivity contribution in [2.24, 2.45) is 0 Å². The van der Waals surface area contributed by atoms with Crippen LogP contribution in [0, 0.1) is 19.7 Å². The summed E-state index contributed by atoms with van der Waals surface area (Å²) in [5.74, 6) is -1.15. The molecule has 0 aliphatic heterocycles. The van der Waals surface area contributed by atoms with Gasteiger partial charge in [0.15, 0.2) is 0 Å². The van der Waals surface area contributed by atoms with Crippen LogP contribution in [-0.4, -0.2) is 26.3 Å². The summed E-state index contributed by atoms with van der Waals surface area (Å²) in [6, 6.07) is 11.6. The molecule has 2 aromatic carbocycles. The highest BCUT2D eigenvalue weighted by molar-refractivity contribution is 5.92. The molecule has 0 radical (unpaired) electrons. The van der Waals surface area contributed by atoms with E-state index in [9.17, 15) is 18.8 Å². The van der Waals surface area contributed by atoms with Gasteiger partial charge >= 0.3 is 5.69 Å². The molecule has 3 aromatic rings. The lowest BCUT2D eigenvalue weighted by Gasteiger charge is -2.13. The zero-order valence-electron chi connectivity index (χ0n) is 16.7. The van der Waals surface area contributed by atoms with E-state index in [1.807, 2.05) is 31.2 Å². The molecular weight excluding hydrogens is 387 g/mol. The molecule has 0 atom stereocenters. The average molecular weight is 408 g/mol. The van der Waals surface area contributed by atoms with E-state index in [1.54, 1.807) is 6.92 Å². The Morgan fingerprint density at radius 1 is 1.13 bits per heavy atom. The summed E-state index contributed by atoms with van der Waals surface area (Å²) in [6.45, 7) is 3.50. The van der Waals surface area contributed by atoms with Crippen molar-refractivity contribution in [2.75, 3.05) is 0 Å². The predicted molar refractivity (Wildman–Crippen MR) is 110 cm³/mol. The van der Waals surface area contributed by atoms with Crippen molar-refractivity contribution >= 4 is 5.91 Å². The van der Waals surface area contributed by atoms with E-state index in [0.717, 1.165) is 39.3 Å². The molecular formula is C22H21FN4O3. The molecule has 7 nitrogen and oxygen atoms in total. The molecule has 0 spiro atoms. The fourth-order valence-electron chi connectivity index (χ4n) is 3.04. The lowest BCUT2D eigenvalue weighted by Crippen LogP contribution is -2.46. The Morgan fingerprint density at radius 2 is 1.83 bits per heavy atom. The Balaban J connectivity index is 1.87. The second kappa shape index (κ2) is 7.70. The van der Waals surface area contributed by atoms with Gasteiger partial charge in [-0.3, -0.25) is 14.2 Å². The van der Waals surface area contributed by atoms with Crippen LogP contribution in [0.3, 0.4) is 0 Å². The second-order valence-corrected chi connectivity index (χ2v) is 7.60. The summed E-state index contributed by atoms with van der Waals surface area (Å²) in [5.41, 5.74) is 0.399. The number of aryl methyl sites for hydroxylation is 2. The number of carbonyl (C=O) groups excluding carboxylic acids is 1. The maximum Gasteiger partial charge on any atom is 0.352 e. The largest absolute Gasteiger partial charge is 0.352 e. The van der Waals surface area contributed by atoms with Gasteiger partial charge < -0.3 is 5.32 Å². The molecule has 4 rings (SSSR count). The van der Waals surface area contributed by atoms with Crippen LogP contribution in [-0.2, 0) is 6.54 Å².